The predicted octanol–water partition coefficient (Wildman–Crippen LogP) is 1.01. The highest BCUT2D eigenvalue weighted by atomic mass is 16.3. The largest absolute Gasteiger partial charge is 0.459 e. The average Bonchev–Trinajstić information content (AvgIpc) is 2.81. The van der Waals surface area contributed by atoms with Gasteiger partial charge in [0.15, 0.2) is 5.76 Å². The van der Waals surface area contributed by atoms with E-state index in [1.807, 2.05) is 0 Å². The molecule has 0 atom stereocenters. The molecule has 0 aromatic carbocycles. The van der Waals surface area contributed by atoms with Crippen molar-refractivity contribution < 1.29 is 9.21 Å². The number of rotatable bonds is 3. The van der Waals surface area contributed by atoms with Crippen molar-refractivity contribution in [2.75, 3.05) is 19.6 Å². The van der Waals surface area contributed by atoms with E-state index in [0.717, 1.165) is 32.5 Å². The molecule has 1 amide bonds. The van der Waals surface area contributed by atoms with Crippen LogP contribution < -0.4 is 10.6 Å². The summed E-state index contributed by atoms with van der Waals surface area (Å²) in [6.45, 7) is 2.86. The summed E-state index contributed by atoms with van der Waals surface area (Å²) in [5, 5.41) is 6.19. The Morgan fingerprint density at radius 1 is 1.53 bits per heavy atom. The van der Waals surface area contributed by atoms with Crippen molar-refractivity contribution in [1.29, 1.82) is 0 Å². The van der Waals surface area contributed by atoms with Crippen molar-refractivity contribution >= 4 is 5.91 Å². The van der Waals surface area contributed by atoms with Crippen molar-refractivity contribution in [1.82, 2.24) is 10.6 Å². The highest BCUT2D eigenvalue weighted by molar-refractivity contribution is 5.91. The minimum absolute atomic E-state index is 0.112. The molecule has 1 aromatic heterocycles. The maximum atomic E-state index is 11.5. The molecule has 82 valence electrons. The summed E-state index contributed by atoms with van der Waals surface area (Å²) in [4.78, 5) is 11.5. The molecule has 0 bridgehead atoms. The summed E-state index contributed by atoms with van der Waals surface area (Å²) in [7, 11) is 0. The van der Waals surface area contributed by atoms with Crippen LogP contribution in [0.5, 0.6) is 0 Å². The number of amides is 1. The van der Waals surface area contributed by atoms with E-state index in [1.54, 1.807) is 12.1 Å². The molecule has 0 spiro atoms. The zero-order valence-corrected chi connectivity index (χ0v) is 8.66. The fourth-order valence-electron chi connectivity index (χ4n) is 1.82. The topological polar surface area (TPSA) is 54.3 Å². The summed E-state index contributed by atoms with van der Waals surface area (Å²) < 4.78 is 5.01. The second kappa shape index (κ2) is 4.98. The number of furan rings is 1. The van der Waals surface area contributed by atoms with Crippen molar-refractivity contribution in [3.05, 3.63) is 24.2 Å². The molecule has 1 aliphatic rings. The predicted molar refractivity (Wildman–Crippen MR) is 56.6 cm³/mol. The number of piperidine rings is 1. The fraction of sp³-hybridized carbons (Fsp3) is 0.545. The molecule has 1 aliphatic heterocycles. The average molecular weight is 208 g/mol. The number of carbonyl (C=O) groups is 1. The van der Waals surface area contributed by atoms with Gasteiger partial charge in [-0.2, -0.15) is 0 Å². The lowest BCUT2D eigenvalue weighted by Gasteiger charge is -2.22. The zero-order chi connectivity index (χ0) is 10.5. The molecule has 0 radical (unpaired) electrons. The number of nitrogens with one attached hydrogen (secondary N) is 2. The monoisotopic (exact) mass is 208 g/mol. The van der Waals surface area contributed by atoms with Gasteiger partial charge in [0, 0.05) is 6.54 Å². The second-order valence-corrected chi connectivity index (χ2v) is 3.88. The number of carbonyl (C=O) groups excluding carboxylic acids is 1. The smallest absolute Gasteiger partial charge is 0.286 e. The van der Waals surface area contributed by atoms with Gasteiger partial charge in [-0.1, -0.05) is 0 Å². The van der Waals surface area contributed by atoms with Crippen LogP contribution in [-0.4, -0.2) is 25.5 Å². The van der Waals surface area contributed by atoms with E-state index in [4.69, 9.17) is 4.42 Å². The minimum Gasteiger partial charge on any atom is -0.459 e. The van der Waals surface area contributed by atoms with Gasteiger partial charge in [-0.25, -0.2) is 0 Å². The molecule has 2 heterocycles. The number of hydrogen-bond donors (Lipinski definition) is 2. The minimum atomic E-state index is -0.112. The molecule has 2 rings (SSSR count). The van der Waals surface area contributed by atoms with Gasteiger partial charge >= 0.3 is 0 Å². The first-order valence-corrected chi connectivity index (χ1v) is 5.38. The highest BCUT2D eigenvalue weighted by Gasteiger charge is 2.15. The van der Waals surface area contributed by atoms with E-state index in [-0.39, 0.29) is 5.91 Å². The van der Waals surface area contributed by atoms with E-state index < -0.39 is 0 Å². The van der Waals surface area contributed by atoms with Crippen molar-refractivity contribution in [2.45, 2.75) is 12.8 Å². The molecule has 0 saturated carbocycles. The van der Waals surface area contributed by atoms with Crippen LogP contribution >= 0.6 is 0 Å². The van der Waals surface area contributed by atoms with Gasteiger partial charge in [-0.15, -0.1) is 0 Å². The van der Waals surface area contributed by atoms with Crippen LogP contribution in [0, 0.1) is 5.92 Å². The third kappa shape index (κ3) is 2.83. The quantitative estimate of drug-likeness (QED) is 0.779. The lowest BCUT2D eigenvalue weighted by molar-refractivity contribution is 0.0916. The van der Waals surface area contributed by atoms with E-state index >= 15 is 0 Å². The lowest BCUT2D eigenvalue weighted by Crippen LogP contribution is -2.35. The maximum absolute atomic E-state index is 11.5. The highest BCUT2D eigenvalue weighted by Crippen LogP contribution is 2.10. The first kappa shape index (κ1) is 10.2. The summed E-state index contributed by atoms with van der Waals surface area (Å²) in [5.74, 6) is 0.882. The fourth-order valence-corrected chi connectivity index (χ4v) is 1.82. The van der Waals surface area contributed by atoms with Crippen molar-refractivity contribution in [3.63, 3.8) is 0 Å². The third-order valence-electron chi connectivity index (χ3n) is 2.75. The molecule has 1 saturated heterocycles. The Morgan fingerprint density at radius 3 is 3.00 bits per heavy atom. The summed E-state index contributed by atoms with van der Waals surface area (Å²) >= 11 is 0. The summed E-state index contributed by atoms with van der Waals surface area (Å²) in [6, 6.07) is 3.40. The molecule has 4 nitrogen and oxygen atoms in total. The first-order valence-electron chi connectivity index (χ1n) is 5.38. The van der Waals surface area contributed by atoms with Crippen molar-refractivity contribution in [2.24, 2.45) is 5.92 Å². The van der Waals surface area contributed by atoms with E-state index in [0.29, 0.717) is 11.7 Å². The Hall–Kier alpha value is -1.29. The van der Waals surface area contributed by atoms with Crippen LogP contribution in [0.4, 0.5) is 0 Å². The van der Waals surface area contributed by atoms with Gasteiger partial charge in [0.2, 0.25) is 0 Å². The summed E-state index contributed by atoms with van der Waals surface area (Å²) in [5.41, 5.74) is 0. The normalized spacial score (nSPS) is 17.6. The Kier molecular flexibility index (Phi) is 3.40. The van der Waals surface area contributed by atoms with Crippen LogP contribution in [-0.2, 0) is 0 Å². The Labute approximate surface area is 89.0 Å². The van der Waals surface area contributed by atoms with E-state index in [2.05, 4.69) is 10.6 Å². The van der Waals surface area contributed by atoms with Crippen molar-refractivity contribution in [3.8, 4) is 0 Å². The van der Waals surface area contributed by atoms with Gasteiger partial charge in [0.05, 0.1) is 6.26 Å². The molecule has 2 N–H and O–H groups in total. The molecule has 1 fully saturated rings. The van der Waals surface area contributed by atoms with Gasteiger partial charge in [-0.3, -0.25) is 4.79 Å². The standard InChI is InChI=1S/C11H16N2O2/c14-11(10-2-1-7-15-10)13-8-9-3-5-12-6-4-9/h1-2,7,9,12H,3-6,8H2,(H,13,14). The van der Waals surface area contributed by atoms with E-state index in [1.165, 1.54) is 6.26 Å². The van der Waals surface area contributed by atoms with Gasteiger partial charge in [-0.05, 0) is 44.0 Å². The second-order valence-electron chi connectivity index (χ2n) is 3.88. The first-order chi connectivity index (χ1) is 7.36. The van der Waals surface area contributed by atoms with Crippen LogP contribution in [0.15, 0.2) is 22.8 Å². The molecule has 15 heavy (non-hydrogen) atoms. The molecular formula is C11H16N2O2. The maximum Gasteiger partial charge on any atom is 0.286 e. The third-order valence-corrected chi connectivity index (χ3v) is 2.75. The van der Waals surface area contributed by atoms with Crippen LogP contribution in [0.25, 0.3) is 0 Å². The lowest BCUT2D eigenvalue weighted by atomic mass is 9.98. The van der Waals surface area contributed by atoms with Crippen LogP contribution in [0.1, 0.15) is 23.4 Å². The molecule has 0 aliphatic carbocycles. The van der Waals surface area contributed by atoms with E-state index in [9.17, 15) is 4.79 Å². The Balaban J connectivity index is 1.75. The molecular weight excluding hydrogens is 192 g/mol. The summed E-state index contributed by atoms with van der Waals surface area (Å²) in [6.07, 6.45) is 3.79. The van der Waals surface area contributed by atoms with Gasteiger partial charge < -0.3 is 15.1 Å². The molecule has 1 aromatic rings. The van der Waals surface area contributed by atoms with Crippen LogP contribution in [0.2, 0.25) is 0 Å². The Bertz CT molecular complexity index is 302. The van der Waals surface area contributed by atoms with Crippen LogP contribution in [0.3, 0.4) is 0 Å². The van der Waals surface area contributed by atoms with Gasteiger partial charge in [0.1, 0.15) is 0 Å². The van der Waals surface area contributed by atoms with Gasteiger partial charge in [0.25, 0.3) is 5.91 Å². The molecule has 0 unspecified atom stereocenters. The zero-order valence-electron chi connectivity index (χ0n) is 8.66. The molecule has 4 heteroatoms. The SMILES string of the molecule is O=C(NCC1CCNCC1)c1ccco1. The Morgan fingerprint density at radius 2 is 2.33 bits per heavy atom. The number of hydrogen-bond acceptors (Lipinski definition) is 3.